The highest BCUT2D eigenvalue weighted by atomic mass is 19.2. The zero-order chi connectivity index (χ0) is 12.5. The Morgan fingerprint density at radius 2 is 2.06 bits per heavy atom. The smallest absolute Gasteiger partial charge is 0.183 e. The van der Waals surface area contributed by atoms with E-state index in [2.05, 4.69) is 5.32 Å². The van der Waals surface area contributed by atoms with E-state index in [0.717, 1.165) is 19.3 Å². The van der Waals surface area contributed by atoms with Gasteiger partial charge < -0.3 is 10.4 Å². The Morgan fingerprint density at radius 1 is 1.35 bits per heavy atom. The minimum atomic E-state index is -1.15. The molecule has 0 spiro atoms. The Hall–Kier alpha value is -1.67. The molecule has 17 heavy (non-hydrogen) atoms. The molecule has 1 aromatic rings. The summed E-state index contributed by atoms with van der Waals surface area (Å²) in [5, 5.41) is 20.6. The van der Waals surface area contributed by atoms with E-state index in [9.17, 15) is 13.9 Å². The summed E-state index contributed by atoms with van der Waals surface area (Å²) in [5.74, 6) is -2.21. The number of nitrogens with one attached hydrogen (secondary N) is 1. The largest absolute Gasteiger partial charge is 0.394 e. The molecule has 0 aromatic heterocycles. The molecule has 90 valence electrons. The van der Waals surface area contributed by atoms with E-state index in [1.165, 1.54) is 12.1 Å². The fourth-order valence-corrected chi connectivity index (χ4v) is 1.94. The molecule has 1 aromatic carbocycles. The molecular weight excluding hydrogens is 226 g/mol. The number of hydrogen-bond acceptors (Lipinski definition) is 3. The number of aliphatic hydroxyl groups excluding tert-OH is 1. The molecule has 0 atom stereocenters. The topological polar surface area (TPSA) is 56.0 Å². The third-order valence-corrected chi connectivity index (χ3v) is 3.22. The molecule has 1 aliphatic rings. The van der Waals surface area contributed by atoms with E-state index in [-0.39, 0.29) is 17.9 Å². The maximum atomic E-state index is 13.6. The van der Waals surface area contributed by atoms with Gasteiger partial charge in [0.1, 0.15) is 6.07 Å². The van der Waals surface area contributed by atoms with E-state index in [4.69, 9.17) is 5.26 Å². The predicted octanol–water partition coefficient (Wildman–Crippen LogP) is 2.16. The number of aliphatic hydroxyl groups is 1. The number of benzene rings is 1. The first-order valence-electron chi connectivity index (χ1n) is 5.39. The SMILES string of the molecule is N#Cc1ccc(NC2(CO)CCC2)c(F)c1F. The van der Waals surface area contributed by atoms with Crippen LogP contribution in [0, 0.1) is 23.0 Å². The van der Waals surface area contributed by atoms with Crippen LogP contribution >= 0.6 is 0 Å². The fraction of sp³-hybridized carbons (Fsp3) is 0.417. The lowest BCUT2D eigenvalue weighted by atomic mass is 9.77. The summed E-state index contributed by atoms with van der Waals surface area (Å²) in [5.41, 5.74) is -0.864. The summed E-state index contributed by atoms with van der Waals surface area (Å²) in [4.78, 5) is 0. The molecule has 1 aliphatic carbocycles. The van der Waals surface area contributed by atoms with Gasteiger partial charge in [-0.25, -0.2) is 8.78 Å². The van der Waals surface area contributed by atoms with Gasteiger partial charge in [-0.15, -0.1) is 0 Å². The van der Waals surface area contributed by atoms with Gasteiger partial charge in [-0.05, 0) is 31.4 Å². The highest BCUT2D eigenvalue weighted by Gasteiger charge is 2.37. The summed E-state index contributed by atoms with van der Waals surface area (Å²) in [6.07, 6.45) is 2.41. The van der Waals surface area contributed by atoms with Crippen molar-refractivity contribution in [1.29, 1.82) is 5.26 Å². The van der Waals surface area contributed by atoms with Crippen LogP contribution in [0.2, 0.25) is 0 Å². The number of hydrogen-bond donors (Lipinski definition) is 2. The number of anilines is 1. The summed E-state index contributed by atoms with van der Waals surface area (Å²) in [7, 11) is 0. The molecule has 0 radical (unpaired) electrons. The lowest BCUT2D eigenvalue weighted by Gasteiger charge is -2.41. The molecular formula is C12H12F2N2O. The van der Waals surface area contributed by atoms with Crippen LogP contribution in [-0.4, -0.2) is 17.3 Å². The van der Waals surface area contributed by atoms with Gasteiger partial charge in [0.2, 0.25) is 0 Å². The zero-order valence-electron chi connectivity index (χ0n) is 9.13. The van der Waals surface area contributed by atoms with Crippen LogP contribution < -0.4 is 5.32 Å². The second kappa shape index (κ2) is 4.30. The van der Waals surface area contributed by atoms with Crippen LogP contribution in [-0.2, 0) is 0 Å². The number of nitriles is 1. The van der Waals surface area contributed by atoms with Gasteiger partial charge in [0.15, 0.2) is 11.6 Å². The maximum Gasteiger partial charge on any atom is 0.183 e. The van der Waals surface area contributed by atoms with Gasteiger partial charge in [-0.2, -0.15) is 5.26 Å². The molecule has 1 saturated carbocycles. The van der Waals surface area contributed by atoms with E-state index < -0.39 is 17.2 Å². The van der Waals surface area contributed by atoms with Crippen LogP contribution in [0.5, 0.6) is 0 Å². The van der Waals surface area contributed by atoms with Crippen molar-refractivity contribution < 1.29 is 13.9 Å². The van der Waals surface area contributed by atoms with Crippen LogP contribution in [0.3, 0.4) is 0 Å². The van der Waals surface area contributed by atoms with Gasteiger partial charge in [0.05, 0.1) is 23.4 Å². The molecule has 0 aliphatic heterocycles. The highest BCUT2D eigenvalue weighted by molar-refractivity contribution is 5.52. The average molecular weight is 238 g/mol. The Balaban J connectivity index is 2.29. The first kappa shape index (κ1) is 11.8. The van der Waals surface area contributed by atoms with Gasteiger partial charge in [0.25, 0.3) is 0 Å². The van der Waals surface area contributed by atoms with Crippen molar-refractivity contribution in [2.75, 3.05) is 11.9 Å². The van der Waals surface area contributed by atoms with Crippen LogP contribution in [0.1, 0.15) is 24.8 Å². The van der Waals surface area contributed by atoms with E-state index >= 15 is 0 Å². The van der Waals surface area contributed by atoms with E-state index in [1.807, 2.05) is 0 Å². The van der Waals surface area contributed by atoms with Crippen molar-refractivity contribution in [3.05, 3.63) is 29.3 Å². The van der Waals surface area contributed by atoms with Gasteiger partial charge in [0, 0.05) is 0 Å². The summed E-state index contributed by atoms with van der Waals surface area (Å²) in [6.45, 7) is -0.117. The second-order valence-electron chi connectivity index (χ2n) is 4.32. The summed E-state index contributed by atoms with van der Waals surface area (Å²) in [6, 6.07) is 4.13. The van der Waals surface area contributed by atoms with Crippen LogP contribution in [0.25, 0.3) is 0 Å². The quantitative estimate of drug-likeness (QED) is 0.848. The van der Waals surface area contributed by atoms with Crippen molar-refractivity contribution in [2.24, 2.45) is 0 Å². The Bertz CT molecular complexity index is 473. The molecule has 0 unspecified atom stereocenters. The highest BCUT2D eigenvalue weighted by Crippen LogP contribution is 2.36. The van der Waals surface area contributed by atoms with Gasteiger partial charge >= 0.3 is 0 Å². The lowest BCUT2D eigenvalue weighted by Crippen LogP contribution is -2.48. The number of nitrogens with zero attached hydrogens (tertiary/aromatic N) is 1. The molecule has 3 nitrogen and oxygen atoms in total. The second-order valence-corrected chi connectivity index (χ2v) is 4.32. The minimum absolute atomic E-state index is 0.00440. The molecule has 1 fully saturated rings. The predicted molar refractivity (Wildman–Crippen MR) is 58.4 cm³/mol. The van der Waals surface area contributed by atoms with E-state index in [0.29, 0.717) is 0 Å². The van der Waals surface area contributed by atoms with Crippen molar-refractivity contribution in [3.8, 4) is 6.07 Å². The van der Waals surface area contributed by atoms with Gasteiger partial charge in [-0.1, -0.05) is 0 Å². The fourth-order valence-electron chi connectivity index (χ4n) is 1.94. The molecule has 0 heterocycles. The van der Waals surface area contributed by atoms with Crippen molar-refractivity contribution in [2.45, 2.75) is 24.8 Å². The third kappa shape index (κ3) is 1.96. The minimum Gasteiger partial charge on any atom is -0.394 e. The third-order valence-electron chi connectivity index (χ3n) is 3.22. The summed E-state index contributed by atoms with van der Waals surface area (Å²) >= 11 is 0. The van der Waals surface area contributed by atoms with Gasteiger partial charge in [-0.3, -0.25) is 0 Å². The normalized spacial score (nSPS) is 17.1. The lowest BCUT2D eigenvalue weighted by molar-refractivity contribution is 0.143. The maximum absolute atomic E-state index is 13.6. The number of halogens is 2. The van der Waals surface area contributed by atoms with Crippen molar-refractivity contribution in [3.63, 3.8) is 0 Å². The molecule has 2 rings (SSSR count). The Morgan fingerprint density at radius 3 is 2.53 bits per heavy atom. The van der Waals surface area contributed by atoms with E-state index in [1.54, 1.807) is 6.07 Å². The van der Waals surface area contributed by atoms with Crippen LogP contribution in [0.15, 0.2) is 12.1 Å². The number of rotatable bonds is 3. The Labute approximate surface area is 97.7 Å². The molecule has 0 saturated heterocycles. The zero-order valence-corrected chi connectivity index (χ0v) is 9.13. The average Bonchev–Trinajstić information content (AvgIpc) is 2.29. The molecule has 0 amide bonds. The van der Waals surface area contributed by atoms with Crippen LogP contribution in [0.4, 0.5) is 14.5 Å². The Kier molecular flexibility index (Phi) is 2.99. The first-order valence-corrected chi connectivity index (χ1v) is 5.39. The molecule has 2 N–H and O–H groups in total. The summed E-state index contributed by atoms with van der Waals surface area (Å²) < 4.78 is 27.0. The molecule has 5 heteroatoms. The first-order chi connectivity index (χ1) is 8.12. The monoisotopic (exact) mass is 238 g/mol. The molecule has 0 bridgehead atoms. The van der Waals surface area contributed by atoms with Crippen molar-refractivity contribution >= 4 is 5.69 Å². The standard InChI is InChI=1S/C12H12F2N2O/c13-10-8(6-15)2-3-9(11(10)14)16-12(7-17)4-1-5-12/h2-3,16-17H,1,4-5,7H2. The van der Waals surface area contributed by atoms with Crippen molar-refractivity contribution in [1.82, 2.24) is 0 Å².